The lowest BCUT2D eigenvalue weighted by Gasteiger charge is -2.15. The molecule has 2 nitrogen and oxygen atoms in total. The highest BCUT2D eigenvalue weighted by atomic mass is 35.5. The maximum atomic E-state index is 6.07. The number of alkyl halides is 1. The molecule has 114 valence electrons. The molecule has 0 N–H and O–H groups in total. The van der Waals surface area contributed by atoms with Gasteiger partial charge in [0.15, 0.2) is 0 Å². The Morgan fingerprint density at radius 1 is 1.15 bits per heavy atom. The van der Waals surface area contributed by atoms with Crippen molar-refractivity contribution >= 4 is 11.6 Å². The van der Waals surface area contributed by atoms with Gasteiger partial charge in [-0.3, -0.25) is 0 Å². The van der Waals surface area contributed by atoms with E-state index in [2.05, 4.69) is 26.0 Å². The van der Waals surface area contributed by atoms with Gasteiger partial charge in [0.1, 0.15) is 5.75 Å². The minimum atomic E-state index is 0.461. The average molecular weight is 299 g/mol. The van der Waals surface area contributed by atoms with Gasteiger partial charge >= 0.3 is 0 Å². The molecule has 0 saturated heterocycles. The zero-order valence-electron chi connectivity index (χ0n) is 12.9. The van der Waals surface area contributed by atoms with E-state index in [9.17, 15) is 0 Å². The Balaban J connectivity index is 2.31. The molecule has 1 rings (SSSR count). The zero-order chi connectivity index (χ0) is 14.8. The normalized spacial score (nSPS) is 12.7. The SMILES string of the molecule is COc1cccc(CC(CCl)CCOCCC(C)C)c1. The third-order valence-corrected chi connectivity index (χ3v) is 3.82. The van der Waals surface area contributed by atoms with Crippen molar-refractivity contribution in [1.29, 1.82) is 0 Å². The first-order valence-corrected chi connectivity index (χ1v) is 7.95. The van der Waals surface area contributed by atoms with E-state index in [1.54, 1.807) is 7.11 Å². The predicted octanol–water partition coefficient (Wildman–Crippen LogP) is 4.55. The van der Waals surface area contributed by atoms with Crippen LogP contribution in [0.1, 0.15) is 32.3 Å². The van der Waals surface area contributed by atoms with Crippen LogP contribution in [-0.2, 0) is 11.2 Å². The van der Waals surface area contributed by atoms with Crippen LogP contribution in [0.4, 0.5) is 0 Å². The molecule has 0 aromatic heterocycles. The molecule has 1 aromatic carbocycles. The van der Waals surface area contributed by atoms with Gasteiger partial charge in [0.05, 0.1) is 7.11 Å². The van der Waals surface area contributed by atoms with Crippen LogP contribution in [0.15, 0.2) is 24.3 Å². The molecule has 1 atom stereocenters. The van der Waals surface area contributed by atoms with Crippen LogP contribution in [0, 0.1) is 11.8 Å². The van der Waals surface area contributed by atoms with Gasteiger partial charge in [-0.15, -0.1) is 11.6 Å². The van der Waals surface area contributed by atoms with E-state index in [-0.39, 0.29) is 0 Å². The molecule has 20 heavy (non-hydrogen) atoms. The Labute approximate surface area is 128 Å². The van der Waals surface area contributed by atoms with Gasteiger partial charge in [0.2, 0.25) is 0 Å². The molecule has 3 heteroatoms. The number of halogens is 1. The first-order valence-electron chi connectivity index (χ1n) is 7.42. The van der Waals surface area contributed by atoms with Crippen molar-refractivity contribution < 1.29 is 9.47 Å². The number of rotatable bonds is 10. The number of methoxy groups -OCH3 is 1. The van der Waals surface area contributed by atoms with E-state index in [0.29, 0.717) is 17.7 Å². The highest BCUT2D eigenvalue weighted by Gasteiger charge is 2.09. The smallest absolute Gasteiger partial charge is 0.119 e. The van der Waals surface area contributed by atoms with Crippen LogP contribution < -0.4 is 4.74 Å². The molecule has 0 aliphatic heterocycles. The summed E-state index contributed by atoms with van der Waals surface area (Å²) in [5.41, 5.74) is 1.28. The summed E-state index contributed by atoms with van der Waals surface area (Å²) in [4.78, 5) is 0. The molecule has 1 unspecified atom stereocenters. The second-order valence-corrected chi connectivity index (χ2v) is 5.97. The number of hydrogen-bond donors (Lipinski definition) is 0. The van der Waals surface area contributed by atoms with E-state index < -0.39 is 0 Å². The largest absolute Gasteiger partial charge is 0.497 e. The predicted molar refractivity (Wildman–Crippen MR) is 85.8 cm³/mol. The van der Waals surface area contributed by atoms with Gasteiger partial charge in [-0.05, 0) is 48.8 Å². The summed E-state index contributed by atoms with van der Waals surface area (Å²) in [7, 11) is 1.70. The van der Waals surface area contributed by atoms with Crippen molar-refractivity contribution in [2.45, 2.75) is 33.1 Å². The molecule has 0 fully saturated rings. The van der Waals surface area contributed by atoms with Gasteiger partial charge in [0.25, 0.3) is 0 Å². The molecule has 0 bridgehead atoms. The summed E-state index contributed by atoms with van der Waals surface area (Å²) in [5, 5.41) is 0. The molecular weight excluding hydrogens is 272 g/mol. The lowest BCUT2D eigenvalue weighted by Crippen LogP contribution is -2.11. The third-order valence-electron chi connectivity index (χ3n) is 3.39. The zero-order valence-corrected chi connectivity index (χ0v) is 13.7. The molecule has 0 amide bonds. The molecule has 1 aromatic rings. The first-order chi connectivity index (χ1) is 9.65. The van der Waals surface area contributed by atoms with Gasteiger partial charge < -0.3 is 9.47 Å². The Morgan fingerprint density at radius 2 is 1.90 bits per heavy atom. The Kier molecular flexibility index (Phi) is 8.72. The summed E-state index contributed by atoms with van der Waals surface area (Å²) in [5.74, 6) is 2.74. The molecule has 0 saturated carbocycles. The quantitative estimate of drug-likeness (QED) is 0.466. The fraction of sp³-hybridized carbons (Fsp3) is 0.647. The van der Waals surface area contributed by atoms with Crippen LogP contribution in [0.2, 0.25) is 0 Å². The molecule has 0 radical (unpaired) electrons. The second kappa shape index (κ2) is 10.1. The summed E-state index contributed by atoms with van der Waals surface area (Å²) in [6.07, 6.45) is 3.12. The van der Waals surface area contributed by atoms with Crippen molar-refractivity contribution in [2.24, 2.45) is 11.8 Å². The number of ether oxygens (including phenoxy) is 2. The minimum absolute atomic E-state index is 0.461. The molecule has 0 aliphatic carbocycles. The average Bonchev–Trinajstić information content (AvgIpc) is 2.45. The van der Waals surface area contributed by atoms with Gasteiger partial charge in [-0.25, -0.2) is 0 Å². The monoisotopic (exact) mass is 298 g/mol. The summed E-state index contributed by atoms with van der Waals surface area (Å²) in [6.45, 7) is 6.08. The Bertz CT molecular complexity index is 366. The van der Waals surface area contributed by atoms with Crippen molar-refractivity contribution in [3.05, 3.63) is 29.8 Å². The second-order valence-electron chi connectivity index (χ2n) is 5.66. The van der Waals surface area contributed by atoms with Crippen LogP contribution in [0.5, 0.6) is 5.75 Å². The summed E-state index contributed by atoms with van der Waals surface area (Å²) >= 11 is 6.07. The maximum Gasteiger partial charge on any atom is 0.119 e. The van der Waals surface area contributed by atoms with Gasteiger partial charge in [0, 0.05) is 19.1 Å². The molecular formula is C17H27ClO2. The number of benzene rings is 1. The van der Waals surface area contributed by atoms with E-state index in [1.807, 2.05) is 12.1 Å². The first kappa shape index (κ1) is 17.3. The topological polar surface area (TPSA) is 18.5 Å². The maximum absolute atomic E-state index is 6.07. The van der Waals surface area contributed by atoms with E-state index in [4.69, 9.17) is 21.1 Å². The van der Waals surface area contributed by atoms with Crippen molar-refractivity contribution in [1.82, 2.24) is 0 Å². The lowest BCUT2D eigenvalue weighted by molar-refractivity contribution is 0.112. The van der Waals surface area contributed by atoms with E-state index in [0.717, 1.165) is 38.2 Å². The van der Waals surface area contributed by atoms with Crippen LogP contribution in [0.25, 0.3) is 0 Å². The lowest BCUT2D eigenvalue weighted by atomic mass is 9.98. The van der Waals surface area contributed by atoms with E-state index in [1.165, 1.54) is 5.56 Å². The molecule has 0 aliphatic rings. The van der Waals surface area contributed by atoms with Crippen molar-refractivity contribution in [3.8, 4) is 5.75 Å². The Morgan fingerprint density at radius 3 is 2.55 bits per heavy atom. The fourth-order valence-corrected chi connectivity index (χ4v) is 2.30. The standard InChI is InChI=1S/C17H27ClO2/c1-14(2)7-9-20-10-8-16(13-18)11-15-5-4-6-17(12-15)19-3/h4-6,12,14,16H,7-11,13H2,1-3H3. The fourth-order valence-electron chi connectivity index (χ4n) is 2.04. The van der Waals surface area contributed by atoms with Crippen LogP contribution >= 0.6 is 11.6 Å². The van der Waals surface area contributed by atoms with Crippen molar-refractivity contribution in [3.63, 3.8) is 0 Å². The van der Waals surface area contributed by atoms with Crippen molar-refractivity contribution in [2.75, 3.05) is 26.2 Å². The van der Waals surface area contributed by atoms with Gasteiger partial charge in [-0.1, -0.05) is 26.0 Å². The van der Waals surface area contributed by atoms with Crippen LogP contribution in [-0.4, -0.2) is 26.2 Å². The highest BCUT2D eigenvalue weighted by Crippen LogP contribution is 2.18. The molecule has 0 spiro atoms. The third kappa shape index (κ3) is 7.16. The minimum Gasteiger partial charge on any atom is -0.497 e. The summed E-state index contributed by atoms with van der Waals surface area (Å²) < 4.78 is 10.9. The molecule has 0 heterocycles. The van der Waals surface area contributed by atoms with Crippen LogP contribution in [0.3, 0.4) is 0 Å². The highest BCUT2D eigenvalue weighted by molar-refractivity contribution is 6.18. The Hall–Kier alpha value is -0.730. The summed E-state index contributed by atoms with van der Waals surface area (Å²) in [6, 6.07) is 8.20. The van der Waals surface area contributed by atoms with Gasteiger partial charge in [-0.2, -0.15) is 0 Å². The number of hydrogen-bond acceptors (Lipinski definition) is 2. The van der Waals surface area contributed by atoms with E-state index >= 15 is 0 Å².